The molecule has 0 heterocycles. The van der Waals surface area contributed by atoms with Gasteiger partial charge in [-0.3, -0.25) is 0 Å². The molecular formula is C18H40N2. The summed E-state index contributed by atoms with van der Waals surface area (Å²) in [6, 6.07) is 0.576. The molecule has 0 aliphatic rings. The lowest BCUT2D eigenvalue weighted by Gasteiger charge is -2.36. The molecule has 0 spiro atoms. The van der Waals surface area contributed by atoms with Crippen molar-refractivity contribution in [1.82, 2.24) is 10.2 Å². The fraction of sp³-hybridized carbons (Fsp3) is 1.00. The summed E-state index contributed by atoms with van der Waals surface area (Å²) in [6.07, 6.45) is 2.61. The van der Waals surface area contributed by atoms with E-state index in [1.807, 2.05) is 0 Å². The van der Waals surface area contributed by atoms with Gasteiger partial charge in [0, 0.05) is 12.6 Å². The summed E-state index contributed by atoms with van der Waals surface area (Å²) < 4.78 is 0. The van der Waals surface area contributed by atoms with Gasteiger partial charge in [-0.2, -0.15) is 0 Å². The molecule has 0 fully saturated rings. The number of likely N-dealkylation sites (N-methyl/N-ethyl adjacent to an activating group) is 1. The SMILES string of the molecule is CCNC(CN(CCC(C)C)CCC(C)C)C(C)(C)C. The van der Waals surface area contributed by atoms with Gasteiger partial charge in [0.15, 0.2) is 0 Å². The van der Waals surface area contributed by atoms with E-state index in [9.17, 15) is 0 Å². The summed E-state index contributed by atoms with van der Waals surface area (Å²) in [5, 5.41) is 3.69. The van der Waals surface area contributed by atoms with Gasteiger partial charge in [0.2, 0.25) is 0 Å². The normalized spacial score (nSPS) is 14.6. The fourth-order valence-electron chi connectivity index (χ4n) is 2.33. The predicted molar refractivity (Wildman–Crippen MR) is 92.3 cm³/mol. The molecule has 1 unspecified atom stereocenters. The third kappa shape index (κ3) is 9.77. The van der Waals surface area contributed by atoms with E-state index in [1.165, 1.54) is 32.5 Å². The molecule has 2 heteroatoms. The van der Waals surface area contributed by atoms with Gasteiger partial charge < -0.3 is 10.2 Å². The molecule has 0 aromatic carbocycles. The van der Waals surface area contributed by atoms with Gasteiger partial charge in [-0.25, -0.2) is 0 Å². The number of nitrogens with zero attached hydrogens (tertiary/aromatic N) is 1. The molecule has 0 aromatic rings. The second-order valence-corrected chi connectivity index (χ2v) is 8.14. The zero-order valence-corrected chi connectivity index (χ0v) is 15.4. The standard InChI is InChI=1S/C18H40N2/c1-9-19-17(18(6,7)8)14-20(12-10-15(2)3)13-11-16(4)5/h15-17,19H,9-14H2,1-8H3. The first-order valence-electron chi connectivity index (χ1n) is 8.62. The first-order chi connectivity index (χ1) is 9.16. The van der Waals surface area contributed by atoms with E-state index in [2.05, 4.69) is 65.6 Å². The highest BCUT2D eigenvalue weighted by molar-refractivity contribution is 4.83. The maximum absolute atomic E-state index is 3.69. The van der Waals surface area contributed by atoms with Crippen molar-refractivity contribution in [2.45, 2.75) is 74.3 Å². The van der Waals surface area contributed by atoms with Gasteiger partial charge in [-0.15, -0.1) is 0 Å². The second kappa shape index (κ2) is 9.78. The molecule has 0 bridgehead atoms. The van der Waals surface area contributed by atoms with E-state index in [4.69, 9.17) is 0 Å². The molecule has 1 atom stereocenters. The Balaban J connectivity index is 4.55. The van der Waals surface area contributed by atoms with Gasteiger partial charge in [-0.05, 0) is 49.7 Å². The molecule has 2 nitrogen and oxygen atoms in total. The average molecular weight is 285 g/mol. The largest absolute Gasteiger partial charge is 0.312 e. The molecule has 20 heavy (non-hydrogen) atoms. The van der Waals surface area contributed by atoms with Gasteiger partial charge in [-0.1, -0.05) is 55.4 Å². The lowest BCUT2D eigenvalue weighted by molar-refractivity contribution is 0.163. The summed E-state index contributed by atoms with van der Waals surface area (Å²) in [7, 11) is 0. The van der Waals surface area contributed by atoms with Crippen molar-refractivity contribution in [2.75, 3.05) is 26.2 Å². The van der Waals surface area contributed by atoms with Crippen LogP contribution in [0.5, 0.6) is 0 Å². The molecular weight excluding hydrogens is 244 g/mol. The summed E-state index contributed by atoms with van der Waals surface area (Å²) in [5.41, 5.74) is 0.323. The Bertz CT molecular complexity index is 216. The van der Waals surface area contributed by atoms with Crippen molar-refractivity contribution in [3.8, 4) is 0 Å². The van der Waals surface area contributed by atoms with E-state index in [0.29, 0.717) is 11.5 Å². The highest BCUT2D eigenvalue weighted by atomic mass is 15.1. The molecule has 0 radical (unpaired) electrons. The van der Waals surface area contributed by atoms with Crippen molar-refractivity contribution in [1.29, 1.82) is 0 Å². The number of hydrogen-bond donors (Lipinski definition) is 1. The molecule has 0 saturated carbocycles. The first kappa shape index (κ1) is 19.9. The van der Waals surface area contributed by atoms with E-state index in [1.54, 1.807) is 0 Å². The van der Waals surface area contributed by atoms with Gasteiger partial charge in [0.1, 0.15) is 0 Å². The zero-order valence-electron chi connectivity index (χ0n) is 15.4. The average Bonchev–Trinajstić information content (AvgIpc) is 2.29. The Morgan fingerprint density at radius 1 is 0.900 bits per heavy atom. The molecule has 0 aliphatic carbocycles. The maximum Gasteiger partial charge on any atom is 0.0243 e. The second-order valence-electron chi connectivity index (χ2n) is 8.14. The van der Waals surface area contributed by atoms with Crippen LogP contribution in [-0.4, -0.2) is 37.1 Å². The minimum Gasteiger partial charge on any atom is -0.312 e. The van der Waals surface area contributed by atoms with Crippen LogP contribution in [0.3, 0.4) is 0 Å². The molecule has 0 amide bonds. The monoisotopic (exact) mass is 284 g/mol. The van der Waals surface area contributed by atoms with Crippen LogP contribution in [0.2, 0.25) is 0 Å². The predicted octanol–water partition coefficient (Wildman–Crippen LogP) is 4.40. The van der Waals surface area contributed by atoms with Crippen LogP contribution in [0.25, 0.3) is 0 Å². The molecule has 0 rings (SSSR count). The van der Waals surface area contributed by atoms with E-state index in [0.717, 1.165) is 18.4 Å². The Kier molecular flexibility index (Phi) is 9.74. The van der Waals surface area contributed by atoms with Crippen LogP contribution in [-0.2, 0) is 0 Å². The topological polar surface area (TPSA) is 15.3 Å². The summed E-state index contributed by atoms with van der Waals surface area (Å²) in [6.45, 7) is 23.3. The van der Waals surface area contributed by atoms with E-state index in [-0.39, 0.29) is 0 Å². The molecule has 1 N–H and O–H groups in total. The van der Waals surface area contributed by atoms with Gasteiger partial charge in [0.25, 0.3) is 0 Å². The zero-order chi connectivity index (χ0) is 15.8. The molecule has 0 saturated heterocycles. The third-order valence-electron chi connectivity index (χ3n) is 3.98. The van der Waals surface area contributed by atoms with Crippen molar-refractivity contribution < 1.29 is 0 Å². The molecule has 0 aliphatic heterocycles. The van der Waals surface area contributed by atoms with Gasteiger partial charge in [0.05, 0.1) is 0 Å². The van der Waals surface area contributed by atoms with E-state index < -0.39 is 0 Å². The van der Waals surface area contributed by atoms with Crippen LogP contribution in [0.1, 0.15) is 68.2 Å². The summed E-state index contributed by atoms with van der Waals surface area (Å²) >= 11 is 0. The Labute approximate surface area is 128 Å². The van der Waals surface area contributed by atoms with Crippen LogP contribution in [0, 0.1) is 17.3 Å². The highest BCUT2D eigenvalue weighted by Crippen LogP contribution is 2.21. The van der Waals surface area contributed by atoms with Crippen LogP contribution >= 0.6 is 0 Å². The Morgan fingerprint density at radius 2 is 1.35 bits per heavy atom. The maximum atomic E-state index is 3.69. The van der Waals surface area contributed by atoms with Crippen LogP contribution < -0.4 is 5.32 Å². The molecule has 122 valence electrons. The smallest absolute Gasteiger partial charge is 0.0243 e. The first-order valence-corrected chi connectivity index (χ1v) is 8.62. The minimum absolute atomic E-state index is 0.323. The van der Waals surface area contributed by atoms with Crippen molar-refractivity contribution in [3.63, 3.8) is 0 Å². The third-order valence-corrected chi connectivity index (χ3v) is 3.98. The number of hydrogen-bond acceptors (Lipinski definition) is 2. The molecule has 0 aromatic heterocycles. The lowest BCUT2D eigenvalue weighted by atomic mass is 9.86. The van der Waals surface area contributed by atoms with Crippen molar-refractivity contribution in [3.05, 3.63) is 0 Å². The summed E-state index contributed by atoms with van der Waals surface area (Å²) in [5.74, 6) is 1.59. The van der Waals surface area contributed by atoms with Crippen LogP contribution in [0.15, 0.2) is 0 Å². The number of rotatable bonds is 10. The van der Waals surface area contributed by atoms with Gasteiger partial charge >= 0.3 is 0 Å². The summed E-state index contributed by atoms with van der Waals surface area (Å²) in [4.78, 5) is 2.68. The van der Waals surface area contributed by atoms with Crippen LogP contribution in [0.4, 0.5) is 0 Å². The minimum atomic E-state index is 0.323. The van der Waals surface area contributed by atoms with E-state index >= 15 is 0 Å². The fourth-order valence-corrected chi connectivity index (χ4v) is 2.33. The Hall–Kier alpha value is -0.0800. The Morgan fingerprint density at radius 3 is 1.65 bits per heavy atom. The van der Waals surface area contributed by atoms with Crippen molar-refractivity contribution >= 4 is 0 Å². The lowest BCUT2D eigenvalue weighted by Crippen LogP contribution is -2.49. The highest BCUT2D eigenvalue weighted by Gasteiger charge is 2.25. The quantitative estimate of drug-likeness (QED) is 0.639. The van der Waals surface area contributed by atoms with Crippen molar-refractivity contribution in [2.24, 2.45) is 17.3 Å². The number of nitrogens with one attached hydrogen (secondary N) is 1.